The first kappa shape index (κ1) is 14.5. The molecule has 2 fully saturated rings. The van der Waals surface area contributed by atoms with Gasteiger partial charge in [-0.05, 0) is 44.0 Å². The summed E-state index contributed by atoms with van der Waals surface area (Å²) in [5.41, 5.74) is 2.05. The molecule has 1 aromatic carbocycles. The molecule has 0 saturated carbocycles. The number of aromatic nitrogens is 1. The molecular weight excluding hydrogens is 294 g/mol. The summed E-state index contributed by atoms with van der Waals surface area (Å²) in [7, 11) is 1.65. The van der Waals surface area contributed by atoms with Crippen LogP contribution in [0.1, 0.15) is 29.6 Å². The highest BCUT2D eigenvalue weighted by Gasteiger charge is 2.40. The van der Waals surface area contributed by atoms with Crippen LogP contribution in [0.15, 0.2) is 27.4 Å². The number of fused-ring (bicyclic) bond motifs is 1. The second kappa shape index (κ2) is 5.23. The van der Waals surface area contributed by atoms with Crippen LogP contribution in [-0.2, 0) is 7.05 Å². The highest BCUT2D eigenvalue weighted by Crippen LogP contribution is 2.37. The number of aryl methyl sites for hydroxylation is 1. The van der Waals surface area contributed by atoms with E-state index in [2.05, 4.69) is 5.32 Å². The van der Waals surface area contributed by atoms with Crippen LogP contribution in [0, 0.1) is 5.41 Å². The Labute approximate surface area is 134 Å². The van der Waals surface area contributed by atoms with Crippen molar-refractivity contribution in [2.45, 2.75) is 19.3 Å². The molecule has 1 spiro atoms. The van der Waals surface area contributed by atoms with Crippen molar-refractivity contribution in [2.75, 3.05) is 26.2 Å². The number of hydrogen-bond donors (Lipinski definition) is 1. The third-order valence-corrected chi connectivity index (χ3v) is 5.32. The average molecular weight is 315 g/mol. The summed E-state index contributed by atoms with van der Waals surface area (Å²) >= 11 is 0. The predicted octanol–water partition coefficient (Wildman–Crippen LogP) is 1.35. The second-order valence-electron chi connectivity index (χ2n) is 6.87. The van der Waals surface area contributed by atoms with Gasteiger partial charge in [0.2, 0.25) is 0 Å². The lowest BCUT2D eigenvalue weighted by molar-refractivity contribution is 0.0764. The largest absolute Gasteiger partial charge is 0.419 e. The van der Waals surface area contributed by atoms with E-state index >= 15 is 0 Å². The number of likely N-dealkylation sites (tertiary alicyclic amines) is 1. The normalized spacial score (nSPS) is 24.7. The molecule has 122 valence electrons. The van der Waals surface area contributed by atoms with Gasteiger partial charge in [0.25, 0.3) is 5.91 Å². The Hall–Kier alpha value is -2.08. The molecule has 1 N–H and O–H groups in total. The first-order chi connectivity index (χ1) is 11.1. The fraction of sp³-hybridized carbons (Fsp3) is 0.529. The maximum atomic E-state index is 12.8. The minimum Gasteiger partial charge on any atom is -0.408 e. The fourth-order valence-electron chi connectivity index (χ4n) is 3.93. The lowest BCUT2D eigenvalue weighted by Crippen LogP contribution is -2.42. The van der Waals surface area contributed by atoms with Crippen molar-refractivity contribution in [1.29, 1.82) is 0 Å². The zero-order valence-electron chi connectivity index (χ0n) is 13.3. The van der Waals surface area contributed by atoms with Gasteiger partial charge in [0.1, 0.15) is 0 Å². The Morgan fingerprint density at radius 3 is 3.00 bits per heavy atom. The van der Waals surface area contributed by atoms with Gasteiger partial charge in [-0.2, -0.15) is 0 Å². The molecule has 1 aromatic heterocycles. The number of amides is 1. The fourth-order valence-corrected chi connectivity index (χ4v) is 3.93. The van der Waals surface area contributed by atoms with E-state index in [-0.39, 0.29) is 11.3 Å². The third-order valence-electron chi connectivity index (χ3n) is 5.32. The van der Waals surface area contributed by atoms with Gasteiger partial charge >= 0.3 is 5.76 Å². The van der Waals surface area contributed by atoms with Crippen molar-refractivity contribution in [3.8, 4) is 0 Å². The number of carbonyl (C=O) groups is 1. The van der Waals surface area contributed by atoms with Crippen molar-refractivity contribution in [3.05, 3.63) is 34.3 Å². The van der Waals surface area contributed by atoms with E-state index in [9.17, 15) is 9.59 Å². The summed E-state index contributed by atoms with van der Waals surface area (Å²) < 4.78 is 6.56. The number of benzene rings is 1. The topological polar surface area (TPSA) is 67.5 Å². The summed E-state index contributed by atoms with van der Waals surface area (Å²) in [6, 6.07) is 5.21. The number of nitrogens with one attached hydrogen (secondary N) is 1. The van der Waals surface area contributed by atoms with E-state index in [1.54, 1.807) is 25.2 Å². The molecule has 1 amide bonds. The standard InChI is InChI=1S/C17H21N3O3/c1-19-13-9-12(3-4-14(13)23-16(19)22)15(21)20-8-6-17(11-20)5-2-7-18-10-17/h3-4,9,18H,2,5-8,10-11H2,1H3/t17-/m0/s1. The van der Waals surface area contributed by atoms with E-state index in [0.717, 1.165) is 32.6 Å². The molecule has 6 heteroatoms. The van der Waals surface area contributed by atoms with E-state index in [0.29, 0.717) is 16.7 Å². The van der Waals surface area contributed by atoms with Gasteiger partial charge in [-0.25, -0.2) is 4.79 Å². The summed E-state index contributed by atoms with van der Waals surface area (Å²) in [4.78, 5) is 26.3. The van der Waals surface area contributed by atoms with Crippen LogP contribution in [0.25, 0.3) is 11.1 Å². The Kier molecular flexibility index (Phi) is 3.30. The highest BCUT2D eigenvalue weighted by atomic mass is 16.4. The molecule has 6 nitrogen and oxygen atoms in total. The summed E-state index contributed by atoms with van der Waals surface area (Å²) in [6.45, 7) is 3.72. The van der Waals surface area contributed by atoms with Crippen LogP contribution in [-0.4, -0.2) is 41.6 Å². The molecule has 0 radical (unpaired) electrons. The average Bonchev–Trinajstić information content (AvgIpc) is 3.09. The van der Waals surface area contributed by atoms with Gasteiger partial charge in [-0.1, -0.05) is 0 Å². The van der Waals surface area contributed by atoms with Crippen molar-refractivity contribution in [2.24, 2.45) is 12.5 Å². The van der Waals surface area contributed by atoms with E-state index in [1.165, 1.54) is 17.4 Å². The lowest BCUT2D eigenvalue weighted by atomic mass is 9.80. The Morgan fingerprint density at radius 2 is 2.22 bits per heavy atom. The zero-order chi connectivity index (χ0) is 16.0. The van der Waals surface area contributed by atoms with E-state index in [1.807, 2.05) is 4.90 Å². The van der Waals surface area contributed by atoms with Gasteiger partial charge in [0.05, 0.1) is 5.52 Å². The molecule has 4 rings (SSSR count). The molecule has 2 saturated heterocycles. The van der Waals surface area contributed by atoms with Crippen LogP contribution in [0.4, 0.5) is 0 Å². The van der Waals surface area contributed by atoms with Gasteiger partial charge in [-0.3, -0.25) is 9.36 Å². The zero-order valence-corrected chi connectivity index (χ0v) is 13.3. The third kappa shape index (κ3) is 2.37. The maximum absolute atomic E-state index is 12.8. The van der Waals surface area contributed by atoms with Crippen molar-refractivity contribution in [3.63, 3.8) is 0 Å². The Balaban J connectivity index is 1.59. The van der Waals surface area contributed by atoms with Gasteiger partial charge in [0.15, 0.2) is 5.58 Å². The quantitative estimate of drug-likeness (QED) is 0.862. The number of piperidine rings is 1. The maximum Gasteiger partial charge on any atom is 0.419 e. The highest BCUT2D eigenvalue weighted by molar-refractivity contribution is 5.97. The van der Waals surface area contributed by atoms with Crippen LogP contribution >= 0.6 is 0 Å². The molecule has 23 heavy (non-hydrogen) atoms. The molecule has 0 unspecified atom stereocenters. The monoisotopic (exact) mass is 315 g/mol. The predicted molar refractivity (Wildman–Crippen MR) is 86.5 cm³/mol. The van der Waals surface area contributed by atoms with Crippen LogP contribution < -0.4 is 11.1 Å². The number of rotatable bonds is 1. The van der Waals surface area contributed by atoms with Gasteiger partial charge in [0, 0.05) is 37.7 Å². The molecule has 0 bridgehead atoms. The van der Waals surface area contributed by atoms with Gasteiger partial charge in [-0.15, -0.1) is 0 Å². The minimum absolute atomic E-state index is 0.0444. The van der Waals surface area contributed by atoms with Crippen LogP contribution in [0.2, 0.25) is 0 Å². The number of nitrogens with zero attached hydrogens (tertiary/aromatic N) is 2. The first-order valence-electron chi connectivity index (χ1n) is 8.18. The smallest absolute Gasteiger partial charge is 0.408 e. The molecule has 3 heterocycles. The summed E-state index contributed by atoms with van der Waals surface area (Å²) in [5.74, 6) is -0.360. The molecule has 2 aliphatic heterocycles. The van der Waals surface area contributed by atoms with Gasteiger partial charge < -0.3 is 14.6 Å². The lowest BCUT2D eigenvalue weighted by Gasteiger charge is -2.33. The van der Waals surface area contributed by atoms with Crippen LogP contribution in [0.3, 0.4) is 0 Å². The van der Waals surface area contributed by atoms with Crippen LogP contribution in [0.5, 0.6) is 0 Å². The van der Waals surface area contributed by atoms with E-state index < -0.39 is 5.76 Å². The number of hydrogen-bond acceptors (Lipinski definition) is 4. The molecular formula is C17H21N3O3. The van der Waals surface area contributed by atoms with Crippen molar-refractivity contribution in [1.82, 2.24) is 14.8 Å². The van der Waals surface area contributed by atoms with Crippen molar-refractivity contribution < 1.29 is 9.21 Å². The molecule has 2 aromatic rings. The number of carbonyl (C=O) groups excluding carboxylic acids is 1. The second-order valence-corrected chi connectivity index (χ2v) is 6.87. The first-order valence-corrected chi connectivity index (χ1v) is 8.18. The molecule has 1 atom stereocenters. The summed E-state index contributed by atoms with van der Waals surface area (Å²) in [5, 5.41) is 3.46. The molecule has 0 aliphatic carbocycles. The Morgan fingerprint density at radius 1 is 1.35 bits per heavy atom. The molecule has 2 aliphatic rings. The number of oxazole rings is 1. The summed E-state index contributed by atoms with van der Waals surface area (Å²) in [6.07, 6.45) is 3.45. The minimum atomic E-state index is -0.405. The SMILES string of the molecule is Cn1c(=O)oc2ccc(C(=O)N3CC[C@]4(CCCNC4)C3)cc21. The Bertz CT molecular complexity index is 814. The van der Waals surface area contributed by atoms with Crippen molar-refractivity contribution >= 4 is 17.0 Å². The van der Waals surface area contributed by atoms with E-state index in [4.69, 9.17) is 4.42 Å².